The first-order valence-corrected chi connectivity index (χ1v) is 10.8. The second kappa shape index (κ2) is 8.44. The van der Waals surface area contributed by atoms with Crippen LogP contribution in [0.15, 0.2) is 60.7 Å². The summed E-state index contributed by atoms with van der Waals surface area (Å²) in [7, 11) is 0. The number of ether oxygens (including phenoxy) is 3. The van der Waals surface area contributed by atoms with Gasteiger partial charge in [-0.25, -0.2) is 4.79 Å². The number of fused-ring (bicyclic) bond motifs is 3. The lowest BCUT2D eigenvalue weighted by Crippen LogP contribution is -2.38. The first-order chi connectivity index (χ1) is 15.3. The van der Waals surface area contributed by atoms with Gasteiger partial charge in [-0.1, -0.05) is 54.6 Å². The number of carbonyl (C=O) groups excluding carboxylic acids is 1. The molecule has 158 valence electrons. The molecule has 1 atom stereocenters. The highest BCUT2D eigenvalue weighted by molar-refractivity contribution is 6.14. The van der Waals surface area contributed by atoms with E-state index in [1.807, 2.05) is 49.4 Å². The molecule has 2 aliphatic rings. The number of esters is 1. The van der Waals surface area contributed by atoms with Crippen LogP contribution >= 0.6 is 0 Å². The number of anilines is 1. The highest BCUT2D eigenvalue weighted by Crippen LogP contribution is 2.46. The molecule has 0 saturated carbocycles. The minimum atomic E-state index is -0.304. The van der Waals surface area contributed by atoms with Crippen LogP contribution in [0.5, 0.6) is 5.75 Å². The smallest absolute Gasteiger partial charge is 0.340 e. The van der Waals surface area contributed by atoms with Crippen LogP contribution in [0.4, 0.5) is 5.69 Å². The van der Waals surface area contributed by atoms with E-state index in [1.54, 1.807) is 0 Å². The number of benzene rings is 3. The average molecular weight is 415 g/mol. The van der Waals surface area contributed by atoms with E-state index in [4.69, 9.17) is 14.2 Å². The van der Waals surface area contributed by atoms with Gasteiger partial charge >= 0.3 is 5.97 Å². The van der Waals surface area contributed by atoms with E-state index in [0.717, 1.165) is 33.3 Å². The van der Waals surface area contributed by atoms with E-state index in [9.17, 15) is 4.79 Å². The van der Waals surface area contributed by atoms with Crippen LogP contribution in [0.1, 0.15) is 34.5 Å². The molecule has 1 fully saturated rings. The maximum absolute atomic E-state index is 13.1. The number of rotatable bonds is 4. The molecule has 3 aromatic rings. The van der Waals surface area contributed by atoms with Gasteiger partial charge in [-0.05, 0) is 24.6 Å². The molecule has 2 aliphatic heterocycles. The number of carbonyl (C=O) groups is 1. The second-order valence-electron chi connectivity index (χ2n) is 7.64. The normalized spacial score (nSPS) is 17.8. The average Bonchev–Trinajstić information content (AvgIpc) is 2.84. The Balaban J connectivity index is 1.74. The number of hydrogen-bond acceptors (Lipinski definition) is 5. The van der Waals surface area contributed by atoms with E-state index in [-0.39, 0.29) is 12.1 Å². The minimum absolute atomic E-state index is 0.178. The molecule has 0 aliphatic carbocycles. The second-order valence-corrected chi connectivity index (χ2v) is 7.64. The van der Waals surface area contributed by atoms with E-state index in [1.165, 1.54) is 0 Å². The standard InChI is InChI=1S/C26H25NO4/c1-2-30-26(28)23-19-10-6-7-11-20(19)25-21(24(23)27-14-16-29-17-15-27)12-13-22(31-25)18-8-4-3-5-9-18/h3-13,22H,2,14-17H2,1H3. The van der Waals surface area contributed by atoms with E-state index < -0.39 is 0 Å². The summed E-state index contributed by atoms with van der Waals surface area (Å²) in [6.45, 7) is 4.85. The van der Waals surface area contributed by atoms with Crippen molar-refractivity contribution < 1.29 is 19.0 Å². The third-order valence-electron chi connectivity index (χ3n) is 5.80. The zero-order valence-electron chi connectivity index (χ0n) is 17.5. The summed E-state index contributed by atoms with van der Waals surface area (Å²) in [4.78, 5) is 15.4. The molecule has 2 heterocycles. The van der Waals surface area contributed by atoms with Gasteiger partial charge in [0, 0.05) is 29.4 Å². The van der Waals surface area contributed by atoms with E-state index >= 15 is 0 Å². The topological polar surface area (TPSA) is 48.0 Å². The van der Waals surface area contributed by atoms with Gasteiger partial charge in [-0.15, -0.1) is 0 Å². The van der Waals surface area contributed by atoms with Crippen molar-refractivity contribution in [3.63, 3.8) is 0 Å². The molecule has 5 heteroatoms. The first-order valence-electron chi connectivity index (χ1n) is 10.8. The maximum Gasteiger partial charge on any atom is 0.340 e. The molecular formula is C26H25NO4. The van der Waals surface area contributed by atoms with Crippen LogP contribution in [0.2, 0.25) is 0 Å². The van der Waals surface area contributed by atoms with Crippen LogP contribution in [0, 0.1) is 0 Å². The fraction of sp³-hybridized carbons (Fsp3) is 0.269. The molecule has 0 amide bonds. The molecular weight excluding hydrogens is 390 g/mol. The van der Waals surface area contributed by atoms with E-state index in [0.29, 0.717) is 38.5 Å². The summed E-state index contributed by atoms with van der Waals surface area (Å²) in [6, 6.07) is 18.1. The Hall–Kier alpha value is -3.31. The third kappa shape index (κ3) is 3.55. The van der Waals surface area contributed by atoms with Crippen LogP contribution in [0.25, 0.3) is 16.8 Å². The summed E-state index contributed by atoms with van der Waals surface area (Å²) in [5, 5.41) is 1.77. The van der Waals surface area contributed by atoms with Gasteiger partial charge in [0.15, 0.2) is 0 Å². The van der Waals surface area contributed by atoms with Gasteiger partial charge < -0.3 is 19.1 Å². The SMILES string of the molecule is CCOC(=O)c1c(N2CCOCC2)c2c(c3ccccc13)OC(c1ccccc1)C=C2. The van der Waals surface area contributed by atoms with Crippen molar-refractivity contribution in [3.05, 3.63) is 77.4 Å². The molecule has 0 N–H and O–H groups in total. The zero-order chi connectivity index (χ0) is 21.2. The summed E-state index contributed by atoms with van der Waals surface area (Å²) < 4.78 is 17.6. The van der Waals surface area contributed by atoms with Gasteiger partial charge in [0.05, 0.1) is 31.1 Å². The van der Waals surface area contributed by atoms with Crippen molar-refractivity contribution >= 4 is 28.5 Å². The van der Waals surface area contributed by atoms with E-state index in [2.05, 4.69) is 29.2 Å². The molecule has 1 unspecified atom stereocenters. The Kier molecular flexibility index (Phi) is 5.35. The monoisotopic (exact) mass is 415 g/mol. The van der Waals surface area contributed by atoms with Crippen molar-refractivity contribution in [1.82, 2.24) is 0 Å². The summed E-state index contributed by atoms with van der Waals surface area (Å²) >= 11 is 0. The predicted octanol–water partition coefficient (Wildman–Crippen LogP) is 5.00. The molecule has 5 rings (SSSR count). The molecule has 31 heavy (non-hydrogen) atoms. The first kappa shape index (κ1) is 19.6. The lowest BCUT2D eigenvalue weighted by atomic mass is 9.93. The van der Waals surface area contributed by atoms with Crippen molar-refractivity contribution in [3.8, 4) is 5.75 Å². The van der Waals surface area contributed by atoms with Gasteiger partial charge in [-0.3, -0.25) is 0 Å². The molecule has 3 aromatic carbocycles. The van der Waals surface area contributed by atoms with Crippen LogP contribution in [0.3, 0.4) is 0 Å². The Bertz CT molecular complexity index is 1130. The highest BCUT2D eigenvalue weighted by Gasteiger charge is 2.31. The Morgan fingerprint density at radius 3 is 2.48 bits per heavy atom. The van der Waals surface area contributed by atoms with Crippen LogP contribution in [-0.4, -0.2) is 38.9 Å². The molecule has 0 spiro atoms. The Labute approximate surface area is 181 Å². The minimum Gasteiger partial charge on any atom is -0.480 e. The van der Waals surface area contributed by atoms with Crippen molar-refractivity contribution in [2.24, 2.45) is 0 Å². The lowest BCUT2D eigenvalue weighted by molar-refractivity contribution is 0.0528. The van der Waals surface area contributed by atoms with Gasteiger partial charge in [0.1, 0.15) is 11.9 Å². The van der Waals surface area contributed by atoms with Crippen LogP contribution < -0.4 is 9.64 Å². The van der Waals surface area contributed by atoms with Gasteiger partial charge in [-0.2, -0.15) is 0 Å². The summed E-state index contributed by atoms with van der Waals surface area (Å²) in [5.41, 5.74) is 3.49. The summed E-state index contributed by atoms with van der Waals surface area (Å²) in [5.74, 6) is 0.503. The van der Waals surface area contributed by atoms with Crippen molar-refractivity contribution in [2.75, 3.05) is 37.8 Å². The molecule has 1 saturated heterocycles. The van der Waals surface area contributed by atoms with Gasteiger partial charge in [0.25, 0.3) is 0 Å². The molecule has 0 radical (unpaired) electrons. The molecule has 0 aromatic heterocycles. The fourth-order valence-corrected chi connectivity index (χ4v) is 4.39. The fourth-order valence-electron chi connectivity index (χ4n) is 4.39. The predicted molar refractivity (Wildman–Crippen MR) is 122 cm³/mol. The van der Waals surface area contributed by atoms with Crippen LogP contribution in [-0.2, 0) is 9.47 Å². The van der Waals surface area contributed by atoms with Crippen molar-refractivity contribution in [2.45, 2.75) is 13.0 Å². The lowest BCUT2D eigenvalue weighted by Gasteiger charge is -2.34. The molecule has 0 bridgehead atoms. The quantitative estimate of drug-likeness (QED) is 0.561. The Morgan fingerprint density at radius 2 is 1.74 bits per heavy atom. The maximum atomic E-state index is 13.1. The summed E-state index contributed by atoms with van der Waals surface area (Å²) in [6.07, 6.45) is 3.98. The van der Waals surface area contributed by atoms with Gasteiger partial charge in [0.2, 0.25) is 0 Å². The van der Waals surface area contributed by atoms with Crippen molar-refractivity contribution in [1.29, 1.82) is 0 Å². The highest BCUT2D eigenvalue weighted by atomic mass is 16.5. The largest absolute Gasteiger partial charge is 0.480 e. The molecule has 5 nitrogen and oxygen atoms in total. The third-order valence-corrected chi connectivity index (χ3v) is 5.80. The zero-order valence-corrected chi connectivity index (χ0v) is 17.5. The number of nitrogens with zero attached hydrogens (tertiary/aromatic N) is 1. The number of hydrogen-bond donors (Lipinski definition) is 0. The number of morpholine rings is 1. The Morgan fingerprint density at radius 1 is 1.03 bits per heavy atom.